The van der Waals surface area contributed by atoms with E-state index in [-0.39, 0.29) is 18.4 Å². The van der Waals surface area contributed by atoms with Crippen molar-refractivity contribution < 1.29 is 14.1 Å². The molecule has 0 spiro atoms. The lowest BCUT2D eigenvalue weighted by atomic mass is 10.1. The molecule has 0 saturated carbocycles. The summed E-state index contributed by atoms with van der Waals surface area (Å²) in [5.74, 6) is 0.407. The Morgan fingerprint density at radius 3 is 2.57 bits per heavy atom. The Bertz CT molecular complexity index is 990. The molecule has 0 atom stereocenters. The van der Waals surface area contributed by atoms with Crippen molar-refractivity contribution in [2.45, 2.75) is 19.4 Å². The number of carbonyl (C=O) groups is 2. The van der Waals surface area contributed by atoms with Gasteiger partial charge in [0.05, 0.1) is 15.8 Å². The minimum absolute atomic E-state index is 0.0706. The third kappa shape index (κ3) is 4.10. The summed E-state index contributed by atoms with van der Waals surface area (Å²) in [5.41, 5.74) is 2.18. The molecule has 2 amide bonds. The number of nitrogens with zero attached hydrogens (tertiary/aromatic N) is 2. The second-order valence-corrected chi connectivity index (χ2v) is 8.26. The van der Waals surface area contributed by atoms with Crippen LogP contribution in [0.3, 0.4) is 0 Å². The number of halogens is 1. The van der Waals surface area contributed by atoms with Crippen LogP contribution in [0.25, 0.3) is 11.3 Å². The van der Waals surface area contributed by atoms with Crippen molar-refractivity contribution in [2.24, 2.45) is 0 Å². The molecule has 1 aliphatic rings. The van der Waals surface area contributed by atoms with Crippen LogP contribution >= 0.6 is 22.9 Å². The zero-order valence-corrected chi connectivity index (χ0v) is 16.6. The normalized spacial score (nSPS) is 13.7. The summed E-state index contributed by atoms with van der Waals surface area (Å²) in [6.45, 7) is 1.89. The van der Waals surface area contributed by atoms with Crippen LogP contribution in [0.4, 0.5) is 0 Å². The first-order valence-electron chi connectivity index (χ1n) is 8.99. The lowest BCUT2D eigenvalue weighted by Crippen LogP contribution is -2.27. The molecule has 1 aliphatic heterocycles. The molecule has 0 radical (unpaired) electrons. The van der Waals surface area contributed by atoms with Crippen molar-refractivity contribution in [3.8, 4) is 11.3 Å². The molecule has 8 heteroatoms. The molecule has 1 aromatic carbocycles. The molecule has 1 fully saturated rings. The van der Waals surface area contributed by atoms with Crippen molar-refractivity contribution in [2.75, 3.05) is 13.1 Å². The van der Waals surface area contributed by atoms with E-state index in [9.17, 15) is 9.59 Å². The van der Waals surface area contributed by atoms with E-state index < -0.39 is 0 Å². The van der Waals surface area contributed by atoms with Gasteiger partial charge in [0.15, 0.2) is 5.76 Å². The van der Waals surface area contributed by atoms with Gasteiger partial charge in [-0.1, -0.05) is 28.9 Å². The van der Waals surface area contributed by atoms with Gasteiger partial charge >= 0.3 is 0 Å². The molecular weight excluding hydrogens is 398 g/mol. The maximum atomic E-state index is 12.4. The smallest absolute Gasteiger partial charge is 0.261 e. The molecule has 1 saturated heterocycles. The number of hydrogen-bond donors (Lipinski definition) is 1. The minimum atomic E-state index is -0.209. The summed E-state index contributed by atoms with van der Waals surface area (Å²) in [4.78, 5) is 26.9. The van der Waals surface area contributed by atoms with Crippen molar-refractivity contribution in [3.05, 3.63) is 63.0 Å². The number of thiophene rings is 1. The molecule has 0 aliphatic carbocycles. The van der Waals surface area contributed by atoms with Crippen LogP contribution < -0.4 is 5.32 Å². The van der Waals surface area contributed by atoms with E-state index in [0.29, 0.717) is 26.2 Å². The SMILES string of the molecule is O=C(NCc1cc(-c2ccc(C(=O)N3CCCC3)cc2)no1)c1ccc(Cl)s1. The summed E-state index contributed by atoms with van der Waals surface area (Å²) in [6.07, 6.45) is 2.14. The molecule has 3 aromatic rings. The zero-order chi connectivity index (χ0) is 19.5. The molecule has 28 heavy (non-hydrogen) atoms. The Morgan fingerprint density at radius 1 is 1.14 bits per heavy atom. The van der Waals surface area contributed by atoms with Gasteiger partial charge in [-0.25, -0.2) is 0 Å². The predicted octanol–water partition coefficient (Wildman–Crippen LogP) is 4.22. The first kappa shape index (κ1) is 18.7. The second kappa shape index (κ2) is 8.16. The van der Waals surface area contributed by atoms with Crippen LogP contribution in [-0.2, 0) is 6.54 Å². The highest BCUT2D eigenvalue weighted by Crippen LogP contribution is 2.23. The van der Waals surface area contributed by atoms with Crippen molar-refractivity contribution in [1.29, 1.82) is 0 Å². The first-order valence-corrected chi connectivity index (χ1v) is 10.2. The third-order valence-electron chi connectivity index (χ3n) is 4.60. The van der Waals surface area contributed by atoms with Crippen LogP contribution in [0.1, 0.15) is 38.6 Å². The van der Waals surface area contributed by atoms with E-state index >= 15 is 0 Å². The summed E-state index contributed by atoms with van der Waals surface area (Å²) in [6, 6.07) is 12.5. The molecule has 2 aromatic heterocycles. The van der Waals surface area contributed by atoms with E-state index in [1.165, 1.54) is 11.3 Å². The highest BCUT2D eigenvalue weighted by atomic mass is 35.5. The summed E-state index contributed by atoms with van der Waals surface area (Å²) in [5, 5.41) is 6.83. The Labute approximate surface area is 171 Å². The van der Waals surface area contributed by atoms with E-state index in [1.807, 2.05) is 29.2 Å². The number of likely N-dealkylation sites (tertiary alicyclic amines) is 1. The van der Waals surface area contributed by atoms with Gasteiger partial charge in [-0.3, -0.25) is 9.59 Å². The lowest BCUT2D eigenvalue weighted by molar-refractivity contribution is 0.0792. The van der Waals surface area contributed by atoms with Crippen molar-refractivity contribution in [3.63, 3.8) is 0 Å². The monoisotopic (exact) mass is 415 g/mol. The number of hydrogen-bond acceptors (Lipinski definition) is 5. The van der Waals surface area contributed by atoms with E-state index in [2.05, 4.69) is 10.5 Å². The fraction of sp³-hybridized carbons (Fsp3) is 0.250. The molecule has 6 nitrogen and oxygen atoms in total. The summed E-state index contributed by atoms with van der Waals surface area (Å²) < 4.78 is 5.88. The average Bonchev–Trinajstić information content (AvgIpc) is 3.47. The second-order valence-electron chi connectivity index (χ2n) is 6.54. The highest BCUT2D eigenvalue weighted by molar-refractivity contribution is 7.17. The fourth-order valence-corrected chi connectivity index (χ4v) is 4.07. The Balaban J connectivity index is 1.38. The van der Waals surface area contributed by atoms with E-state index in [1.54, 1.807) is 18.2 Å². The Kier molecular flexibility index (Phi) is 5.45. The maximum Gasteiger partial charge on any atom is 0.261 e. The number of rotatable bonds is 5. The molecule has 0 unspecified atom stereocenters. The zero-order valence-electron chi connectivity index (χ0n) is 15.0. The number of amides is 2. The molecule has 4 rings (SSSR count). The van der Waals surface area contributed by atoms with Gasteiger partial charge in [0.2, 0.25) is 0 Å². The topological polar surface area (TPSA) is 75.4 Å². The quantitative estimate of drug-likeness (QED) is 0.676. The number of aromatic nitrogens is 1. The van der Waals surface area contributed by atoms with E-state index in [4.69, 9.17) is 16.1 Å². The lowest BCUT2D eigenvalue weighted by Gasteiger charge is -2.15. The van der Waals surface area contributed by atoms with Crippen molar-refractivity contribution in [1.82, 2.24) is 15.4 Å². The van der Waals surface area contributed by atoms with Gasteiger partial charge in [-0.05, 0) is 37.1 Å². The largest absolute Gasteiger partial charge is 0.359 e. The van der Waals surface area contributed by atoms with Crippen LogP contribution in [-0.4, -0.2) is 35.0 Å². The van der Waals surface area contributed by atoms with Crippen LogP contribution in [0.5, 0.6) is 0 Å². The van der Waals surface area contributed by atoms with Gasteiger partial charge in [-0.2, -0.15) is 0 Å². The maximum absolute atomic E-state index is 12.4. The van der Waals surface area contributed by atoms with Crippen LogP contribution in [0.2, 0.25) is 4.34 Å². The minimum Gasteiger partial charge on any atom is -0.359 e. The van der Waals surface area contributed by atoms with Gasteiger partial charge in [-0.15, -0.1) is 11.3 Å². The number of nitrogens with one attached hydrogen (secondary N) is 1. The van der Waals surface area contributed by atoms with Crippen LogP contribution in [0.15, 0.2) is 47.0 Å². The summed E-state index contributed by atoms with van der Waals surface area (Å²) in [7, 11) is 0. The molecule has 3 heterocycles. The number of benzene rings is 1. The Hall–Kier alpha value is -2.64. The van der Waals surface area contributed by atoms with Gasteiger partial charge in [0.25, 0.3) is 11.8 Å². The van der Waals surface area contributed by atoms with E-state index in [0.717, 1.165) is 31.5 Å². The van der Waals surface area contributed by atoms with Gasteiger partial charge < -0.3 is 14.7 Å². The number of carbonyl (C=O) groups excluding carboxylic acids is 2. The Morgan fingerprint density at radius 2 is 1.89 bits per heavy atom. The molecule has 144 valence electrons. The van der Waals surface area contributed by atoms with Crippen molar-refractivity contribution >= 4 is 34.8 Å². The predicted molar refractivity (Wildman–Crippen MR) is 108 cm³/mol. The van der Waals surface area contributed by atoms with Crippen LogP contribution in [0, 0.1) is 0 Å². The summed E-state index contributed by atoms with van der Waals surface area (Å²) >= 11 is 7.07. The molecular formula is C20H18ClN3O3S. The highest BCUT2D eigenvalue weighted by Gasteiger charge is 2.19. The first-order chi connectivity index (χ1) is 13.6. The third-order valence-corrected chi connectivity index (χ3v) is 5.83. The van der Waals surface area contributed by atoms with Gasteiger partial charge in [0, 0.05) is 30.3 Å². The fourth-order valence-electron chi connectivity index (χ4n) is 3.11. The van der Waals surface area contributed by atoms with Gasteiger partial charge in [0.1, 0.15) is 5.69 Å². The molecule has 0 bridgehead atoms. The molecule has 1 N–H and O–H groups in total. The average molecular weight is 416 g/mol. The standard InChI is InChI=1S/C20H18ClN3O3S/c21-18-8-7-17(28-18)19(25)22-12-15-11-16(23-27-15)13-3-5-14(6-4-13)20(26)24-9-1-2-10-24/h3-8,11H,1-2,9-10,12H2,(H,22,25).